The van der Waals surface area contributed by atoms with E-state index in [1.165, 1.54) is 0 Å². The van der Waals surface area contributed by atoms with E-state index in [2.05, 4.69) is 0 Å². The Bertz CT molecular complexity index is 586. The number of carbonyl (C=O) groups is 1. The molecule has 0 aliphatic carbocycles. The fourth-order valence-corrected chi connectivity index (χ4v) is 3.81. The molecule has 2 unspecified atom stereocenters. The Balaban J connectivity index is 2.51. The summed E-state index contributed by atoms with van der Waals surface area (Å²) in [6, 6.07) is 1.75. The fourth-order valence-electron chi connectivity index (χ4n) is 2.49. The lowest BCUT2D eigenvalue weighted by Crippen LogP contribution is -2.40. The second-order valence-electron chi connectivity index (χ2n) is 5.05. The van der Waals surface area contributed by atoms with Crippen molar-refractivity contribution >= 4 is 29.1 Å². The van der Waals surface area contributed by atoms with E-state index in [4.69, 9.17) is 5.11 Å². The van der Waals surface area contributed by atoms with Gasteiger partial charge in [-0.3, -0.25) is 10.1 Å². The summed E-state index contributed by atoms with van der Waals surface area (Å²) in [7, 11) is 0. The van der Waals surface area contributed by atoms with Gasteiger partial charge in [0.25, 0.3) is 5.69 Å². The molecule has 2 rings (SSSR count). The Kier molecular flexibility index (Phi) is 4.36. The lowest BCUT2D eigenvalue weighted by atomic mass is 10.1. The zero-order chi connectivity index (χ0) is 15.7. The van der Waals surface area contributed by atoms with Gasteiger partial charge in [0, 0.05) is 23.6 Å². The number of rotatable bonds is 3. The molecule has 1 saturated heterocycles. The topological polar surface area (TPSA) is 83.7 Å². The Morgan fingerprint density at radius 1 is 1.43 bits per heavy atom. The van der Waals surface area contributed by atoms with Crippen LogP contribution in [0.2, 0.25) is 0 Å². The highest BCUT2D eigenvalue weighted by Crippen LogP contribution is 2.35. The summed E-state index contributed by atoms with van der Waals surface area (Å²) < 4.78 is 13.7. The second kappa shape index (κ2) is 5.88. The molecule has 1 aliphatic rings. The van der Waals surface area contributed by atoms with E-state index >= 15 is 0 Å². The predicted molar refractivity (Wildman–Crippen MR) is 78.7 cm³/mol. The van der Waals surface area contributed by atoms with Gasteiger partial charge in [-0.25, -0.2) is 9.18 Å². The van der Waals surface area contributed by atoms with Crippen molar-refractivity contribution in [1.82, 2.24) is 0 Å². The molecule has 1 heterocycles. The van der Waals surface area contributed by atoms with Crippen LogP contribution in [0, 0.1) is 15.9 Å². The third kappa shape index (κ3) is 3.26. The van der Waals surface area contributed by atoms with Crippen molar-refractivity contribution in [3.8, 4) is 0 Å². The Labute approximate surface area is 125 Å². The molecule has 1 aliphatic heterocycles. The molecule has 0 spiro atoms. The van der Waals surface area contributed by atoms with Crippen LogP contribution < -0.4 is 4.90 Å². The Hall–Kier alpha value is -1.83. The number of thioether (sulfide) groups is 1. The molecule has 1 aromatic carbocycles. The van der Waals surface area contributed by atoms with Crippen molar-refractivity contribution in [2.45, 2.75) is 24.3 Å². The molecule has 0 saturated carbocycles. The summed E-state index contributed by atoms with van der Waals surface area (Å²) in [6.45, 7) is 5.11. The number of nitrogens with zero attached hydrogens (tertiary/aromatic N) is 2. The van der Waals surface area contributed by atoms with Crippen LogP contribution in [0.1, 0.15) is 24.2 Å². The minimum absolute atomic E-state index is 0.165. The summed E-state index contributed by atoms with van der Waals surface area (Å²) in [5, 5.41) is 20.6. The molecule has 1 fully saturated rings. The Morgan fingerprint density at radius 3 is 2.48 bits per heavy atom. The second-order valence-corrected chi connectivity index (χ2v) is 6.93. The summed E-state index contributed by atoms with van der Waals surface area (Å²) >= 11 is 1.77. The number of hydrogen-bond donors (Lipinski definition) is 1. The van der Waals surface area contributed by atoms with Crippen LogP contribution >= 0.6 is 11.8 Å². The lowest BCUT2D eigenvalue weighted by molar-refractivity contribution is -0.384. The quantitative estimate of drug-likeness (QED) is 0.682. The smallest absolute Gasteiger partial charge is 0.338 e. The molecule has 21 heavy (non-hydrogen) atoms. The van der Waals surface area contributed by atoms with E-state index in [0.29, 0.717) is 19.2 Å². The van der Waals surface area contributed by atoms with Gasteiger partial charge in [-0.15, -0.1) is 0 Å². The Morgan fingerprint density at radius 2 is 2.00 bits per heavy atom. The molecule has 114 valence electrons. The highest BCUT2D eigenvalue weighted by molar-refractivity contribution is 8.00. The minimum atomic E-state index is -1.43. The molecule has 1 N–H and O–H groups in total. The van der Waals surface area contributed by atoms with Gasteiger partial charge >= 0.3 is 5.97 Å². The van der Waals surface area contributed by atoms with Crippen molar-refractivity contribution in [3.05, 3.63) is 33.6 Å². The zero-order valence-electron chi connectivity index (χ0n) is 11.6. The first-order valence-electron chi connectivity index (χ1n) is 6.41. The number of aromatic carboxylic acids is 1. The molecular weight excluding hydrogens is 299 g/mol. The van der Waals surface area contributed by atoms with Crippen LogP contribution in [0.4, 0.5) is 15.8 Å². The normalized spacial score (nSPS) is 22.1. The first-order chi connectivity index (χ1) is 9.79. The van der Waals surface area contributed by atoms with Gasteiger partial charge in [0.05, 0.1) is 16.6 Å². The summed E-state index contributed by atoms with van der Waals surface area (Å²) in [5.74, 6) is -2.53. The first kappa shape index (κ1) is 15.6. The van der Waals surface area contributed by atoms with E-state index < -0.39 is 28.0 Å². The fraction of sp³-hybridized carbons (Fsp3) is 0.462. The minimum Gasteiger partial charge on any atom is -0.478 e. The molecule has 0 amide bonds. The van der Waals surface area contributed by atoms with Crippen molar-refractivity contribution in [3.63, 3.8) is 0 Å². The molecule has 6 nitrogen and oxygen atoms in total. The SMILES string of the molecule is CC1CN(c2cc(C(=O)O)c(F)cc2[N+](=O)[O-])CC(C)S1. The molecule has 0 bridgehead atoms. The van der Waals surface area contributed by atoms with Crippen molar-refractivity contribution in [1.29, 1.82) is 0 Å². The maximum atomic E-state index is 13.7. The van der Waals surface area contributed by atoms with Crippen LogP contribution in [-0.4, -0.2) is 39.6 Å². The predicted octanol–water partition coefficient (Wildman–Crippen LogP) is 2.76. The van der Waals surface area contributed by atoms with Gasteiger partial charge in [0.2, 0.25) is 0 Å². The summed E-state index contributed by atoms with van der Waals surface area (Å²) in [5.41, 5.74) is -0.782. The van der Waals surface area contributed by atoms with E-state index in [1.807, 2.05) is 13.8 Å². The average molecular weight is 314 g/mol. The largest absolute Gasteiger partial charge is 0.478 e. The van der Waals surface area contributed by atoms with Crippen LogP contribution in [0.5, 0.6) is 0 Å². The number of carboxylic acids is 1. The number of hydrogen-bond acceptors (Lipinski definition) is 5. The van der Waals surface area contributed by atoms with Gasteiger partial charge in [-0.2, -0.15) is 11.8 Å². The van der Waals surface area contributed by atoms with Crippen molar-refractivity contribution in [2.24, 2.45) is 0 Å². The van der Waals surface area contributed by atoms with Crippen LogP contribution in [0.25, 0.3) is 0 Å². The van der Waals surface area contributed by atoms with Gasteiger partial charge in [0.1, 0.15) is 11.5 Å². The van der Waals surface area contributed by atoms with E-state index in [9.17, 15) is 19.3 Å². The van der Waals surface area contributed by atoms with Gasteiger partial charge in [0.15, 0.2) is 0 Å². The molecule has 1 aromatic rings. The van der Waals surface area contributed by atoms with Crippen LogP contribution in [0.15, 0.2) is 12.1 Å². The molecule has 8 heteroatoms. The standard InChI is InChI=1S/C13H15FN2O4S/c1-7-5-15(6-8(2)21-7)11-3-9(13(17)18)10(14)4-12(11)16(19)20/h3-4,7-8H,5-6H2,1-2H3,(H,17,18). The number of halogens is 1. The third-order valence-corrected chi connectivity index (χ3v) is 4.48. The molecular formula is C13H15FN2O4S. The summed E-state index contributed by atoms with van der Waals surface area (Å²) in [6.07, 6.45) is 0. The van der Waals surface area contributed by atoms with E-state index in [0.717, 1.165) is 6.07 Å². The van der Waals surface area contributed by atoms with Crippen molar-refractivity contribution in [2.75, 3.05) is 18.0 Å². The number of anilines is 1. The van der Waals surface area contributed by atoms with E-state index in [-0.39, 0.29) is 16.2 Å². The van der Waals surface area contributed by atoms with E-state index in [1.54, 1.807) is 16.7 Å². The zero-order valence-corrected chi connectivity index (χ0v) is 12.4. The highest BCUT2D eigenvalue weighted by Gasteiger charge is 2.29. The van der Waals surface area contributed by atoms with Crippen LogP contribution in [-0.2, 0) is 0 Å². The molecule has 2 atom stereocenters. The van der Waals surface area contributed by atoms with Gasteiger partial charge in [-0.1, -0.05) is 13.8 Å². The maximum Gasteiger partial charge on any atom is 0.338 e. The monoisotopic (exact) mass is 314 g/mol. The van der Waals surface area contributed by atoms with Crippen molar-refractivity contribution < 1.29 is 19.2 Å². The van der Waals surface area contributed by atoms with Crippen LogP contribution in [0.3, 0.4) is 0 Å². The van der Waals surface area contributed by atoms with Gasteiger partial charge < -0.3 is 10.0 Å². The lowest BCUT2D eigenvalue weighted by Gasteiger charge is -2.35. The number of carboxylic acid groups (broad SMARTS) is 1. The number of nitro benzene ring substituents is 1. The average Bonchev–Trinajstić information content (AvgIpc) is 2.36. The third-order valence-electron chi connectivity index (χ3n) is 3.25. The maximum absolute atomic E-state index is 13.7. The highest BCUT2D eigenvalue weighted by atomic mass is 32.2. The molecule has 0 aromatic heterocycles. The molecule has 0 radical (unpaired) electrons. The number of nitro groups is 1. The van der Waals surface area contributed by atoms with Gasteiger partial charge in [-0.05, 0) is 6.07 Å². The summed E-state index contributed by atoms with van der Waals surface area (Å²) in [4.78, 5) is 23.2. The first-order valence-corrected chi connectivity index (χ1v) is 7.35. The number of benzene rings is 1.